The van der Waals surface area contributed by atoms with Crippen LogP contribution in [0.5, 0.6) is 0 Å². The van der Waals surface area contributed by atoms with Crippen LogP contribution in [0.15, 0.2) is 0 Å². The molecule has 4 rings (SSSR count). The lowest BCUT2D eigenvalue weighted by Crippen LogP contribution is -2.25. The Hall–Kier alpha value is -0.330. The van der Waals surface area contributed by atoms with Crippen LogP contribution in [0.2, 0.25) is 0 Å². The molecule has 0 unspecified atom stereocenters. The summed E-state index contributed by atoms with van der Waals surface area (Å²) in [5.41, 5.74) is 0. The first-order valence-electron chi connectivity index (χ1n) is 14.2. The minimum Gasteiger partial charge on any atom is -0.299 e. The highest BCUT2D eigenvalue weighted by molar-refractivity contribution is 5.81. The average Bonchev–Trinajstić information content (AvgIpc) is 2.78. The molecule has 1 nitrogen and oxygen atoms in total. The van der Waals surface area contributed by atoms with Crippen molar-refractivity contribution in [1.29, 1.82) is 0 Å². The SMILES string of the molecule is CC1CCC(CC2CCC(CC3CCC(CC(=O)C4CCCCC4)CC3)CC2)CC1. The summed E-state index contributed by atoms with van der Waals surface area (Å²) in [7, 11) is 0. The first-order valence-corrected chi connectivity index (χ1v) is 14.2. The Bertz CT molecular complexity index is 494. The lowest BCUT2D eigenvalue weighted by Gasteiger charge is -2.36. The summed E-state index contributed by atoms with van der Waals surface area (Å²) in [5, 5.41) is 0. The molecule has 0 aromatic heterocycles. The molecule has 0 aromatic carbocycles. The highest BCUT2D eigenvalue weighted by Crippen LogP contribution is 2.42. The van der Waals surface area contributed by atoms with Crippen molar-refractivity contribution < 1.29 is 4.79 Å². The van der Waals surface area contributed by atoms with Crippen molar-refractivity contribution in [3.05, 3.63) is 0 Å². The summed E-state index contributed by atoms with van der Waals surface area (Å²) in [6.07, 6.45) is 28.0. The third-order valence-corrected chi connectivity index (χ3v) is 9.95. The van der Waals surface area contributed by atoms with Gasteiger partial charge < -0.3 is 0 Å². The van der Waals surface area contributed by atoms with Gasteiger partial charge in [0.25, 0.3) is 0 Å². The van der Waals surface area contributed by atoms with E-state index in [4.69, 9.17) is 0 Å². The van der Waals surface area contributed by atoms with E-state index in [0.717, 1.165) is 41.9 Å². The zero-order valence-corrected chi connectivity index (χ0v) is 20.1. The van der Waals surface area contributed by atoms with Gasteiger partial charge in [-0.15, -0.1) is 0 Å². The van der Waals surface area contributed by atoms with Crippen LogP contribution in [0.25, 0.3) is 0 Å². The van der Waals surface area contributed by atoms with Gasteiger partial charge >= 0.3 is 0 Å². The van der Waals surface area contributed by atoms with Crippen molar-refractivity contribution in [2.45, 2.75) is 135 Å². The van der Waals surface area contributed by atoms with E-state index in [2.05, 4.69) is 6.92 Å². The highest BCUT2D eigenvalue weighted by Gasteiger charge is 2.30. The van der Waals surface area contributed by atoms with Gasteiger partial charge in [-0.05, 0) is 74.0 Å². The lowest BCUT2D eigenvalue weighted by molar-refractivity contribution is -0.125. The number of carbonyl (C=O) groups is 1. The summed E-state index contributed by atoms with van der Waals surface area (Å²) in [6, 6.07) is 0. The smallest absolute Gasteiger partial charge is 0.136 e. The molecule has 172 valence electrons. The Kier molecular flexibility index (Phi) is 8.77. The molecular formula is C29H50O. The predicted molar refractivity (Wildman–Crippen MR) is 127 cm³/mol. The van der Waals surface area contributed by atoms with Crippen molar-refractivity contribution >= 4 is 5.78 Å². The Morgan fingerprint density at radius 3 is 1.40 bits per heavy atom. The van der Waals surface area contributed by atoms with E-state index in [1.807, 2.05) is 0 Å². The average molecular weight is 415 g/mol. The van der Waals surface area contributed by atoms with E-state index in [0.29, 0.717) is 11.7 Å². The predicted octanol–water partition coefficient (Wildman–Crippen LogP) is 8.75. The normalized spacial score (nSPS) is 39.0. The maximum Gasteiger partial charge on any atom is 0.136 e. The fourth-order valence-corrected chi connectivity index (χ4v) is 7.76. The summed E-state index contributed by atoms with van der Waals surface area (Å²) in [5.74, 6) is 6.91. The molecule has 30 heavy (non-hydrogen) atoms. The molecule has 1 heteroatoms. The second-order valence-electron chi connectivity index (χ2n) is 12.4. The van der Waals surface area contributed by atoms with Crippen molar-refractivity contribution in [1.82, 2.24) is 0 Å². The topological polar surface area (TPSA) is 17.1 Å². The molecule has 0 saturated heterocycles. The summed E-state index contributed by atoms with van der Waals surface area (Å²) < 4.78 is 0. The molecule has 4 aliphatic rings. The second kappa shape index (κ2) is 11.5. The molecule has 0 aromatic rings. The van der Waals surface area contributed by atoms with Gasteiger partial charge in [-0.2, -0.15) is 0 Å². The van der Waals surface area contributed by atoms with E-state index in [1.165, 1.54) is 116 Å². The van der Waals surface area contributed by atoms with Gasteiger partial charge in [0.2, 0.25) is 0 Å². The minimum absolute atomic E-state index is 0.434. The van der Waals surface area contributed by atoms with Gasteiger partial charge in [0.05, 0.1) is 0 Å². The molecule has 0 amide bonds. The molecule has 4 fully saturated rings. The van der Waals surface area contributed by atoms with Crippen LogP contribution in [0.1, 0.15) is 135 Å². The van der Waals surface area contributed by atoms with E-state index >= 15 is 0 Å². The molecule has 0 bridgehead atoms. The van der Waals surface area contributed by atoms with Crippen molar-refractivity contribution in [3.63, 3.8) is 0 Å². The molecule has 0 heterocycles. The summed E-state index contributed by atoms with van der Waals surface area (Å²) in [6.45, 7) is 2.45. The van der Waals surface area contributed by atoms with Crippen molar-refractivity contribution in [2.75, 3.05) is 0 Å². The first-order chi connectivity index (χ1) is 14.7. The number of rotatable bonds is 7. The quantitative estimate of drug-likeness (QED) is 0.407. The second-order valence-corrected chi connectivity index (χ2v) is 12.4. The van der Waals surface area contributed by atoms with Gasteiger partial charge in [-0.3, -0.25) is 4.79 Å². The monoisotopic (exact) mass is 414 g/mol. The van der Waals surface area contributed by atoms with E-state index in [1.54, 1.807) is 6.42 Å². The standard InChI is InChI=1S/C29H50O/c1-22-7-9-23(10-8-22)19-24-11-13-25(14-12-24)20-26-15-17-27(18-16-26)21-29(30)28-5-3-2-4-6-28/h22-28H,2-21H2,1H3. The van der Waals surface area contributed by atoms with Crippen LogP contribution in [-0.2, 0) is 4.79 Å². The molecule has 0 aliphatic heterocycles. The summed E-state index contributed by atoms with van der Waals surface area (Å²) >= 11 is 0. The fourth-order valence-electron chi connectivity index (χ4n) is 7.76. The number of carbonyl (C=O) groups excluding carboxylic acids is 1. The van der Waals surface area contributed by atoms with Crippen LogP contribution in [-0.4, -0.2) is 5.78 Å². The van der Waals surface area contributed by atoms with Gasteiger partial charge in [0, 0.05) is 12.3 Å². The molecular weight excluding hydrogens is 364 g/mol. The Labute approximate surface area is 187 Å². The van der Waals surface area contributed by atoms with E-state index in [9.17, 15) is 4.79 Å². The third kappa shape index (κ3) is 6.83. The Morgan fingerprint density at radius 1 is 0.533 bits per heavy atom. The molecule has 4 aliphatic carbocycles. The van der Waals surface area contributed by atoms with Crippen molar-refractivity contribution in [2.24, 2.45) is 41.4 Å². The van der Waals surface area contributed by atoms with Crippen LogP contribution in [0.4, 0.5) is 0 Å². The number of Topliss-reactive ketones (excluding diaryl/α,β-unsaturated/α-hetero) is 1. The molecule has 0 N–H and O–H groups in total. The van der Waals surface area contributed by atoms with E-state index in [-0.39, 0.29) is 0 Å². The third-order valence-electron chi connectivity index (χ3n) is 9.95. The largest absolute Gasteiger partial charge is 0.299 e. The number of hydrogen-bond donors (Lipinski definition) is 0. The maximum absolute atomic E-state index is 12.7. The zero-order chi connectivity index (χ0) is 20.8. The minimum atomic E-state index is 0.434. The molecule has 4 saturated carbocycles. The lowest BCUT2D eigenvalue weighted by atomic mass is 9.70. The highest BCUT2D eigenvalue weighted by atomic mass is 16.1. The summed E-state index contributed by atoms with van der Waals surface area (Å²) in [4.78, 5) is 12.7. The van der Waals surface area contributed by atoms with Gasteiger partial charge in [-0.1, -0.05) is 90.4 Å². The Balaban J connectivity index is 1.09. The maximum atomic E-state index is 12.7. The zero-order valence-electron chi connectivity index (χ0n) is 20.1. The number of ketones is 1. The fraction of sp³-hybridized carbons (Fsp3) is 0.966. The molecule has 0 spiro atoms. The van der Waals surface area contributed by atoms with Crippen LogP contribution in [0.3, 0.4) is 0 Å². The van der Waals surface area contributed by atoms with E-state index < -0.39 is 0 Å². The van der Waals surface area contributed by atoms with Gasteiger partial charge in [0.1, 0.15) is 5.78 Å². The number of hydrogen-bond acceptors (Lipinski definition) is 1. The molecule has 0 radical (unpaired) electrons. The molecule has 0 atom stereocenters. The van der Waals surface area contributed by atoms with Crippen LogP contribution >= 0.6 is 0 Å². The Morgan fingerprint density at radius 2 is 0.933 bits per heavy atom. The van der Waals surface area contributed by atoms with Crippen molar-refractivity contribution in [3.8, 4) is 0 Å². The van der Waals surface area contributed by atoms with Crippen LogP contribution in [0, 0.1) is 41.4 Å². The van der Waals surface area contributed by atoms with Gasteiger partial charge in [-0.25, -0.2) is 0 Å². The first kappa shape index (κ1) is 22.8. The van der Waals surface area contributed by atoms with Gasteiger partial charge in [0.15, 0.2) is 0 Å². The van der Waals surface area contributed by atoms with Crippen LogP contribution < -0.4 is 0 Å².